The zero-order valence-corrected chi connectivity index (χ0v) is 21.3. The normalized spacial score (nSPS) is 11.7. The molecule has 188 valence electrons. The van der Waals surface area contributed by atoms with Crippen molar-refractivity contribution in [3.63, 3.8) is 0 Å². The van der Waals surface area contributed by atoms with Gasteiger partial charge < -0.3 is 4.74 Å². The van der Waals surface area contributed by atoms with E-state index in [9.17, 15) is 0 Å². The molecular formula is C34H21N5O. The number of hydrogen-bond acceptors (Lipinski definition) is 5. The molecule has 0 saturated heterocycles. The smallest absolute Gasteiger partial charge is 0.167 e. The highest BCUT2D eigenvalue weighted by atomic mass is 16.5. The molecule has 0 spiro atoms. The second-order valence-corrected chi connectivity index (χ2v) is 9.55. The summed E-state index contributed by atoms with van der Waals surface area (Å²) in [4.78, 5) is 19.8. The van der Waals surface area contributed by atoms with Gasteiger partial charge in [-0.25, -0.2) is 19.9 Å². The van der Waals surface area contributed by atoms with Crippen molar-refractivity contribution in [1.82, 2.24) is 24.5 Å². The molecular weight excluding hydrogens is 494 g/mol. The lowest BCUT2D eigenvalue weighted by molar-refractivity contribution is 0.477. The van der Waals surface area contributed by atoms with E-state index in [-0.39, 0.29) is 0 Å². The molecule has 0 radical (unpaired) electrons. The second kappa shape index (κ2) is 8.99. The van der Waals surface area contributed by atoms with Crippen molar-refractivity contribution in [3.05, 3.63) is 127 Å². The van der Waals surface area contributed by atoms with Gasteiger partial charge in [-0.05, 0) is 24.3 Å². The summed E-state index contributed by atoms with van der Waals surface area (Å²) in [5, 5.41) is 0. The maximum atomic E-state index is 6.61. The van der Waals surface area contributed by atoms with E-state index in [0.717, 1.165) is 50.5 Å². The molecule has 0 fully saturated rings. The molecule has 8 rings (SSSR count). The van der Waals surface area contributed by atoms with Crippen LogP contribution in [0.3, 0.4) is 0 Å². The number of aromatic nitrogens is 5. The number of rotatable bonds is 4. The first kappa shape index (κ1) is 22.4. The molecule has 1 aliphatic heterocycles. The molecule has 5 aromatic carbocycles. The van der Waals surface area contributed by atoms with Crippen LogP contribution in [-0.4, -0.2) is 24.5 Å². The van der Waals surface area contributed by atoms with Gasteiger partial charge >= 0.3 is 0 Å². The molecule has 0 N–H and O–H groups in total. The Bertz CT molecular complexity index is 1960. The van der Waals surface area contributed by atoms with Crippen LogP contribution >= 0.6 is 0 Å². The van der Waals surface area contributed by atoms with Crippen LogP contribution in [-0.2, 0) is 0 Å². The molecule has 6 nitrogen and oxygen atoms in total. The van der Waals surface area contributed by atoms with E-state index in [1.165, 1.54) is 0 Å². The molecule has 1 aliphatic rings. The summed E-state index contributed by atoms with van der Waals surface area (Å²) in [6.07, 6.45) is 0. The Morgan fingerprint density at radius 1 is 0.475 bits per heavy atom. The molecule has 0 amide bonds. The lowest BCUT2D eigenvalue weighted by Gasteiger charge is -2.23. The molecule has 0 bridgehead atoms. The molecule has 0 saturated carbocycles. The standard InChI is InChI=1S/C34H21N5O/c1-4-12-22(13-5-1)31-36-32(23-14-6-2-7-15-23)38-33(37-31)25-18-10-20-27-30(25)40-28-21-11-19-26-29(28)39(27)34(35-26)24-16-8-3-9-17-24/h1-21H. The van der Waals surface area contributed by atoms with Gasteiger partial charge in [0.15, 0.2) is 29.0 Å². The monoisotopic (exact) mass is 515 g/mol. The summed E-state index contributed by atoms with van der Waals surface area (Å²) < 4.78 is 8.79. The van der Waals surface area contributed by atoms with Gasteiger partial charge in [-0.3, -0.25) is 4.57 Å². The predicted octanol–water partition coefficient (Wildman–Crippen LogP) is 7.98. The van der Waals surface area contributed by atoms with Crippen LogP contribution < -0.4 is 4.74 Å². The Hall–Kier alpha value is -5.62. The van der Waals surface area contributed by atoms with Gasteiger partial charge in [0.1, 0.15) is 11.3 Å². The van der Waals surface area contributed by atoms with Crippen LogP contribution in [0.15, 0.2) is 127 Å². The number of nitrogens with zero attached hydrogens (tertiary/aromatic N) is 5. The molecule has 0 aliphatic carbocycles. The van der Waals surface area contributed by atoms with Crippen molar-refractivity contribution < 1.29 is 4.74 Å². The van der Waals surface area contributed by atoms with E-state index in [2.05, 4.69) is 22.8 Å². The van der Waals surface area contributed by atoms with Gasteiger partial charge in [0, 0.05) is 16.7 Å². The van der Waals surface area contributed by atoms with Crippen molar-refractivity contribution in [3.8, 4) is 62.7 Å². The van der Waals surface area contributed by atoms with Crippen LogP contribution in [0, 0.1) is 0 Å². The van der Waals surface area contributed by atoms with E-state index in [0.29, 0.717) is 23.2 Å². The zero-order valence-electron chi connectivity index (χ0n) is 21.3. The van der Waals surface area contributed by atoms with Crippen LogP contribution in [0.2, 0.25) is 0 Å². The Morgan fingerprint density at radius 2 is 1.05 bits per heavy atom. The number of ether oxygens (including phenoxy) is 1. The topological polar surface area (TPSA) is 65.7 Å². The molecule has 7 aromatic rings. The fourth-order valence-corrected chi connectivity index (χ4v) is 5.22. The number of fused-ring (bicyclic) bond motifs is 2. The number of imidazole rings is 1. The fraction of sp³-hybridized carbons (Fsp3) is 0. The van der Waals surface area contributed by atoms with Crippen molar-refractivity contribution >= 4 is 11.0 Å². The Balaban J connectivity index is 1.38. The van der Waals surface area contributed by atoms with Gasteiger partial charge in [0.25, 0.3) is 0 Å². The third kappa shape index (κ3) is 3.58. The SMILES string of the molecule is c1ccc(-c2nc(-c3ccccc3)nc(-c3cccc4c3Oc3cccc5nc(-c6ccccc6)n-4c35)n2)cc1. The van der Waals surface area contributed by atoms with Gasteiger partial charge in [-0.15, -0.1) is 0 Å². The fourth-order valence-electron chi connectivity index (χ4n) is 5.22. The molecule has 3 heterocycles. The first-order chi connectivity index (χ1) is 19.8. The summed E-state index contributed by atoms with van der Waals surface area (Å²) in [6, 6.07) is 42.2. The lowest BCUT2D eigenvalue weighted by atomic mass is 10.1. The molecule has 40 heavy (non-hydrogen) atoms. The Morgan fingerprint density at radius 3 is 1.70 bits per heavy atom. The highest BCUT2D eigenvalue weighted by molar-refractivity contribution is 5.92. The summed E-state index contributed by atoms with van der Waals surface area (Å²) in [6.45, 7) is 0. The summed E-state index contributed by atoms with van der Waals surface area (Å²) in [5.74, 6) is 4.04. The molecule has 0 unspecified atom stereocenters. The van der Waals surface area contributed by atoms with Crippen LogP contribution in [0.4, 0.5) is 0 Å². The van der Waals surface area contributed by atoms with Crippen molar-refractivity contribution in [2.45, 2.75) is 0 Å². The van der Waals surface area contributed by atoms with Gasteiger partial charge in [-0.1, -0.05) is 103 Å². The highest BCUT2D eigenvalue weighted by Gasteiger charge is 2.28. The van der Waals surface area contributed by atoms with Crippen LogP contribution in [0.1, 0.15) is 0 Å². The summed E-state index contributed by atoms with van der Waals surface area (Å²) >= 11 is 0. The average Bonchev–Trinajstić information content (AvgIpc) is 3.43. The van der Waals surface area contributed by atoms with Gasteiger partial charge in [0.05, 0.1) is 16.8 Å². The molecule has 6 heteroatoms. The minimum Gasteiger partial charge on any atom is -0.452 e. The predicted molar refractivity (Wildman–Crippen MR) is 156 cm³/mol. The van der Waals surface area contributed by atoms with Crippen LogP contribution in [0.5, 0.6) is 11.5 Å². The Kier molecular flexibility index (Phi) is 5.03. The molecule has 0 atom stereocenters. The van der Waals surface area contributed by atoms with Crippen molar-refractivity contribution in [2.24, 2.45) is 0 Å². The third-order valence-electron chi connectivity index (χ3n) is 7.06. The van der Waals surface area contributed by atoms with Crippen molar-refractivity contribution in [2.75, 3.05) is 0 Å². The lowest BCUT2D eigenvalue weighted by Crippen LogP contribution is -2.08. The van der Waals surface area contributed by atoms with E-state index in [4.69, 9.17) is 24.7 Å². The second-order valence-electron chi connectivity index (χ2n) is 9.55. The molecule has 2 aromatic heterocycles. The Labute approximate surface area is 230 Å². The van der Waals surface area contributed by atoms with E-state index in [1.54, 1.807) is 0 Å². The quantitative estimate of drug-likeness (QED) is 0.238. The van der Waals surface area contributed by atoms with E-state index < -0.39 is 0 Å². The van der Waals surface area contributed by atoms with Crippen LogP contribution in [0.25, 0.3) is 62.3 Å². The number of benzene rings is 5. The number of hydrogen-bond donors (Lipinski definition) is 0. The summed E-state index contributed by atoms with van der Waals surface area (Å²) in [7, 11) is 0. The van der Waals surface area contributed by atoms with Gasteiger partial charge in [0.2, 0.25) is 0 Å². The minimum atomic E-state index is 0.543. The minimum absolute atomic E-state index is 0.543. The maximum Gasteiger partial charge on any atom is 0.167 e. The highest BCUT2D eigenvalue weighted by Crippen LogP contribution is 2.47. The third-order valence-corrected chi connectivity index (χ3v) is 7.06. The first-order valence-corrected chi connectivity index (χ1v) is 13.1. The number of para-hydroxylation sites is 2. The van der Waals surface area contributed by atoms with E-state index >= 15 is 0 Å². The van der Waals surface area contributed by atoms with Gasteiger partial charge in [-0.2, -0.15) is 0 Å². The average molecular weight is 516 g/mol. The summed E-state index contributed by atoms with van der Waals surface area (Å²) in [5.41, 5.74) is 6.36. The first-order valence-electron chi connectivity index (χ1n) is 13.1. The van der Waals surface area contributed by atoms with E-state index in [1.807, 2.05) is 109 Å². The largest absolute Gasteiger partial charge is 0.452 e. The maximum absolute atomic E-state index is 6.61. The zero-order chi connectivity index (χ0) is 26.5. The van der Waals surface area contributed by atoms with Crippen molar-refractivity contribution in [1.29, 1.82) is 0 Å².